The molecule has 0 amide bonds. The minimum atomic E-state index is 0.554. The fourth-order valence-corrected chi connectivity index (χ4v) is 2.79. The summed E-state index contributed by atoms with van der Waals surface area (Å²) >= 11 is 3.44. The van der Waals surface area contributed by atoms with E-state index in [1.807, 2.05) is 6.20 Å². The molecule has 1 aliphatic heterocycles. The Kier molecular flexibility index (Phi) is 5.60. The van der Waals surface area contributed by atoms with E-state index >= 15 is 0 Å². The Morgan fingerprint density at radius 3 is 2.68 bits per heavy atom. The lowest BCUT2D eigenvalue weighted by molar-refractivity contribution is 0.110. The zero-order valence-electron chi connectivity index (χ0n) is 11.8. The lowest BCUT2D eigenvalue weighted by Gasteiger charge is -2.37. The Hall–Kier alpha value is -0.650. The van der Waals surface area contributed by atoms with Gasteiger partial charge in [-0.05, 0) is 35.5 Å². The number of pyridine rings is 1. The second kappa shape index (κ2) is 7.22. The third kappa shape index (κ3) is 4.44. The molecule has 1 atom stereocenters. The highest BCUT2D eigenvalue weighted by Crippen LogP contribution is 2.14. The Morgan fingerprint density at radius 1 is 1.32 bits per heavy atom. The summed E-state index contributed by atoms with van der Waals surface area (Å²) in [4.78, 5) is 9.23. The fraction of sp³-hybridized carbons (Fsp3) is 0.643. The lowest BCUT2D eigenvalue weighted by Crippen LogP contribution is -2.50. The summed E-state index contributed by atoms with van der Waals surface area (Å²) in [5, 5.41) is 3.46. The first-order valence-electron chi connectivity index (χ1n) is 7.00. The predicted octanol–water partition coefficient (Wildman–Crippen LogP) is 2.28. The predicted molar refractivity (Wildman–Crippen MR) is 83.6 cm³/mol. The highest BCUT2D eigenvalue weighted by atomic mass is 79.9. The Balaban J connectivity index is 1.77. The maximum atomic E-state index is 4.17. The number of halogens is 1. The van der Waals surface area contributed by atoms with E-state index in [4.69, 9.17) is 0 Å². The summed E-state index contributed by atoms with van der Waals surface area (Å²) in [6.45, 7) is 11.4. The van der Waals surface area contributed by atoms with Crippen LogP contribution in [0, 0.1) is 0 Å². The molecule has 0 unspecified atom stereocenters. The van der Waals surface area contributed by atoms with E-state index < -0.39 is 0 Å². The van der Waals surface area contributed by atoms with Gasteiger partial charge in [0.25, 0.3) is 0 Å². The molecule has 1 fully saturated rings. The van der Waals surface area contributed by atoms with Crippen molar-refractivity contribution in [3.8, 4) is 0 Å². The average molecular weight is 327 g/mol. The number of piperazine rings is 1. The molecule has 0 aromatic carbocycles. The average Bonchev–Trinajstić information content (AvgIpc) is 2.45. The number of likely N-dealkylation sites (N-methyl/N-ethyl adjacent to an activating group) is 1. The van der Waals surface area contributed by atoms with Gasteiger partial charge < -0.3 is 10.2 Å². The van der Waals surface area contributed by atoms with E-state index in [-0.39, 0.29) is 0 Å². The number of hydrogen-bond donors (Lipinski definition) is 1. The first-order chi connectivity index (χ1) is 9.19. The van der Waals surface area contributed by atoms with Gasteiger partial charge in [-0.15, -0.1) is 0 Å². The Bertz CT molecular complexity index is 391. The number of hydrogen-bond acceptors (Lipinski definition) is 4. The van der Waals surface area contributed by atoms with Gasteiger partial charge in [0, 0.05) is 49.4 Å². The van der Waals surface area contributed by atoms with Crippen LogP contribution in [0.3, 0.4) is 0 Å². The third-order valence-electron chi connectivity index (χ3n) is 3.78. The van der Waals surface area contributed by atoms with Gasteiger partial charge in [0.15, 0.2) is 0 Å². The van der Waals surface area contributed by atoms with Gasteiger partial charge in [-0.25, -0.2) is 0 Å². The SMILES string of the molecule is CCN1CCN([C@H](C)CNc2cncc(Br)c2)CC1. The summed E-state index contributed by atoms with van der Waals surface area (Å²) in [6, 6.07) is 2.62. The van der Waals surface area contributed by atoms with Crippen molar-refractivity contribution in [1.82, 2.24) is 14.8 Å². The molecule has 1 saturated heterocycles. The number of nitrogens with one attached hydrogen (secondary N) is 1. The first-order valence-corrected chi connectivity index (χ1v) is 7.79. The van der Waals surface area contributed by atoms with Crippen LogP contribution in [0.15, 0.2) is 22.9 Å². The summed E-state index contributed by atoms with van der Waals surface area (Å²) in [5.41, 5.74) is 1.08. The largest absolute Gasteiger partial charge is 0.382 e. The topological polar surface area (TPSA) is 31.4 Å². The van der Waals surface area contributed by atoms with Crippen LogP contribution in [0.25, 0.3) is 0 Å². The van der Waals surface area contributed by atoms with Crippen LogP contribution < -0.4 is 5.32 Å². The van der Waals surface area contributed by atoms with Crippen molar-refractivity contribution in [2.24, 2.45) is 0 Å². The normalized spacial score (nSPS) is 19.3. The zero-order chi connectivity index (χ0) is 13.7. The molecule has 1 aromatic heterocycles. The van der Waals surface area contributed by atoms with Crippen LogP contribution in [0.1, 0.15) is 13.8 Å². The highest BCUT2D eigenvalue weighted by molar-refractivity contribution is 9.10. The van der Waals surface area contributed by atoms with Crippen LogP contribution in [-0.2, 0) is 0 Å². The quantitative estimate of drug-likeness (QED) is 0.899. The molecule has 2 heterocycles. The van der Waals surface area contributed by atoms with Crippen molar-refractivity contribution in [1.29, 1.82) is 0 Å². The maximum Gasteiger partial charge on any atom is 0.0538 e. The van der Waals surface area contributed by atoms with Gasteiger partial charge in [0.2, 0.25) is 0 Å². The van der Waals surface area contributed by atoms with E-state index in [9.17, 15) is 0 Å². The minimum Gasteiger partial charge on any atom is -0.382 e. The van der Waals surface area contributed by atoms with Gasteiger partial charge in [-0.2, -0.15) is 0 Å². The van der Waals surface area contributed by atoms with Crippen molar-refractivity contribution in [2.45, 2.75) is 19.9 Å². The molecule has 0 aliphatic carbocycles. The van der Waals surface area contributed by atoms with Crippen LogP contribution in [0.2, 0.25) is 0 Å². The van der Waals surface area contributed by atoms with Crippen LogP contribution in [0.4, 0.5) is 5.69 Å². The standard InChI is InChI=1S/C14H23BrN4/c1-3-18-4-6-19(7-5-18)12(2)9-17-14-8-13(15)10-16-11-14/h8,10-12,17H,3-7,9H2,1-2H3/t12-/m1/s1. The molecular weight excluding hydrogens is 304 g/mol. The van der Waals surface area contributed by atoms with Crippen molar-refractivity contribution in [3.63, 3.8) is 0 Å². The number of rotatable bonds is 5. The number of anilines is 1. The molecule has 1 aromatic rings. The molecule has 19 heavy (non-hydrogen) atoms. The molecule has 0 saturated carbocycles. The summed E-state index contributed by atoms with van der Waals surface area (Å²) in [6.07, 6.45) is 3.67. The number of nitrogens with zero attached hydrogens (tertiary/aromatic N) is 3. The summed E-state index contributed by atoms with van der Waals surface area (Å²) < 4.78 is 1.02. The molecule has 4 nitrogen and oxygen atoms in total. The van der Waals surface area contributed by atoms with Crippen molar-refractivity contribution < 1.29 is 0 Å². The molecule has 0 radical (unpaired) electrons. The molecule has 106 valence electrons. The molecule has 1 aliphatic rings. The molecule has 1 N–H and O–H groups in total. The molecule has 2 rings (SSSR count). The van der Waals surface area contributed by atoms with Crippen LogP contribution in [-0.4, -0.2) is 60.1 Å². The van der Waals surface area contributed by atoms with Gasteiger partial charge >= 0.3 is 0 Å². The molecule has 0 spiro atoms. The van der Waals surface area contributed by atoms with Crippen LogP contribution >= 0.6 is 15.9 Å². The maximum absolute atomic E-state index is 4.17. The monoisotopic (exact) mass is 326 g/mol. The van der Waals surface area contributed by atoms with Gasteiger partial charge in [-0.1, -0.05) is 6.92 Å². The fourth-order valence-electron chi connectivity index (χ4n) is 2.42. The van der Waals surface area contributed by atoms with Gasteiger partial charge in [0.05, 0.1) is 11.9 Å². The van der Waals surface area contributed by atoms with E-state index in [0.717, 1.165) is 16.7 Å². The molecule has 0 bridgehead atoms. The third-order valence-corrected chi connectivity index (χ3v) is 4.22. The Morgan fingerprint density at radius 2 is 2.05 bits per heavy atom. The van der Waals surface area contributed by atoms with Gasteiger partial charge in [0.1, 0.15) is 0 Å². The van der Waals surface area contributed by atoms with E-state index in [1.165, 1.54) is 32.7 Å². The van der Waals surface area contributed by atoms with Crippen molar-refractivity contribution in [3.05, 3.63) is 22.9 Å². The number of aromatic nitrogens is 1. The Labute approximate surface area is 124 Å². The smallest absolute Gasteiger partial charge is 0.0538 e. The van der Waals surface area contributed by atoms with Crippen LogP contribution in [0.5, 0.6) is 0 Å². The zero-order valence-corrected chi connectivity index (χ0v) is 13.4. The highest BCUT2D eigenvalue weighted by Gasteiger charge is 2.19. The molecular formula is C14H23BrN4. The summed E-state index contributed by atoms with van der Waals surface area (Å²) in [5.74, 6) is 0. The van der Waals surface area contributed by atoms with Crippen molar-refractivity contribution >= 4 is 21.6 Å². The van der Waals surface area contributed by atoms with E-state index in [1.54, 1.807) is 6.20 Å². The van der Waals surface area contributed by atoms with Gasteiger partial charge in [-0.3, -0.25) is 9.88 Å². The second-order valence-corrected chi connectivity index (χ2v) is 6.01. The van der Waals surface area contributed by atoms with Crippen molar-refractivity contribution in [2.75, 3.05) is 44.6 Å². The summed E-state index contributed by atoms with van der Waals surface area (Å²) in [7, 11) is 0. The second-order valence-electron chi connectivity index (χ2n) is 5.09. The van der Waals surface area contributed by atoms with E-state index in [0.29, 0.717) is 6.04 Å². The first kappa shape index (κ1) is 14.8. The molecule has 5 heteroatoms. The minimum absolute atomic E-state index is 0.554. The van der Waals surface area contributed by atoms with E-state index in [2.05, 4.69) is 55.9 Å². The lowest BCUT2D eigenvalue weighted by atomic mass is 10.2.